The molecule has 25 heavy (non-hydrogen) atoms. The molecule has 3 unspecified atom stereocenters. The maximum absolute atomic E-state index is 12.3. The standard InChI is InChI=1S/C19H27NO5/c1-3-19(18(22)23,15-8-5-4-6-9-15)13-20-17(21)14(2)25-12-16-10-7-11-24-16/h4-6,8-9,14,16H,3,7,10-13H2,1-2H3,(H,20,21)(H,22,23). The lowest BCUT2D eigenvalue weighted by molar-refractivity contribution is -0.144. The van der Waals surface area contributed by atoms with Crippen LogP contribution in [-0.4, -0.2) is 48.9 Å². The van der Waals surface area contributed by atoms with Crippen LogP contribution in [0.3, 0.4) is 0 Å². The summed E-state index contributed by atoms with van der Waals surface area (Å²) in [5, 5.41) is 12.5. The largest absolute Gasteiger partial charge is 0.481 e. The van der Waals surface area contributed by atoms with E-state index in [0.717, 1.165) is 19.4 Å². The molecule has 0 aliphatic carbocycles. The Kier molecular flexibility index (Phi) is 6.96. The molecule has 0 aromatic heterocycles. The van der Waals surface area contributed by atoms with E-state index in [2.05, 4.69) is 5.32 Å². The minimum atomic E-state index is -1.15. The van der Waals surface area contributed by atoms with Crippen LogP contribution in [0.5, 0.6) is 0 Å². The van der Waals surface area contributed by atoms with Gasteiger partial charge >= 0.3 is 5.97 Å². The number of nitrogens with one attached hydrogen (secondary N) is 1. The lowest BCUT2D eigenvalue weighted by Gasteiger charge is -2.29. The SMILES string of the molecule is CCC(CNC(=O)C(C)OCC1CCCO1)(C(=O)O)c1ccccc1. The molecule has 1 saturated heterocycles. The number of rotatable bonds is 9. The van der Waals surface area contributed by atoms with E-state index in [4.69, 9.17) is 9.47 Å². The molecule has 0 bridgehead atoms. The number of carbonyl (C=O) groups is 2. The smallest absolute Gasteiger partial charge is 0.315 e. The highest BCUT2D eigenvalue weighted by molar-refractivity contribution is 5.84. The molecule has 6 heteroatoms. The molecule has 1 aliphatic rings. The topological polar surface area (TPSA) is 84.9 Å². The average Bonchev–Trinajstić information content (AvgIpc) is 3.14. The highest BCUT2D eigenvalue weighted by Crippen LogP contribution is 2.28. The van der Waals surface area contributed by atoms with Gasteiger partial charge in [0.25, 0.3) is 0 Å². The van der Waals surface area contributed by atoms with E-state index in [-0.39, 0.29) is 18.6 Å². The first-order chi connectivity index (χ1) is 12.0. The summed E-state index contributed by atoms with van der Waals surface area (Å²) in [4.78, 5) is 24.2. The maximum atomic E-state index is 12.3. The zero-order valence-corrected chi connectivity index (χ0v) is 14.9. The maximum Gasteiger partial charge on any atom is 0.315 e. The summed E-state index contributed by atoms with van der Waals surface area (Å²) >= 11 is 0. The van der Waals surface area contributed by atoms with E-state index < -0.39 is 17.5 Å². The summed E-state index contributed by atoms with van der Waals surface area (Å²) in [6, 6.07) is 9.00. The van der Waals surface area contributed by atoms with Crippen molar-refractivity contribution >= 4 is 11.9 Å². The van der Waals surface area contributed by atoms with E-state index in [1.165, 1.54) is 0 Å². The van der Waals surface area contributed by atoms with Gasteiger partial charge in [0.05, 0.1) is 12.7 Å². The third-order valence-electron chi connectivity index (χ3n) is 4.83. The highest BCUT2D eigenvalue weighted by atomic mass is 16.5. The molecule has 2 N–H and O–H groups in total. The molecule has 0 radical (unpaired) electrons. The normalized spacial score (nSPS) is 20.6. The van der Waals surface area contributed by atoms with E-state index >= 15 is 0 Å². The van der Waals surface area contributed by atoms with Crippen molar-refractivity contribution in [3.63, 3.8) is 0 Å². The van der Waals surface area contributed by atoms with Crippen molar-refractivity contribution in [1.82, 2.24) is 5.32 Å². The first-order valence-corrected chi connectivity index (χ1v) is 8.79. The van der Waals surface area contributed by atoms with Gasteiger partial charge in [-0.1, -0.05) is 37.3 Å². The highest BCUT2D eigenvalue weighted by Gasteiger charge is 2.39. The number of carbonyl (C=O) groups excluding carboxylic acids is 1. The molecule has 1 fully saturated rings. The van der Waals surface area contributed by atoms with Crippen molar-refractivity contribution in [2.75, 3.05) is 19.8 Å². The molecule has 1 aromatic rings. The molecule has 1 aliphatic heterocycles. The van der Waals surface area contributed by atoms with Crippen LogP contribution >= 0.6 is 0 Å². The lowest BCUT2D eigenvalue weighted by Crippen LogP contribution is -2.48. The quantitative estimate of drug-likeness (QED) is 0.713. The van der Waals surface area contributed by atoms with Crippen molar-refractivity contribution in [2.45, 2.75) is 50.7 Å². The predicted octanol–water partition coefficient (Wildman–Crippen LogP) is 2.12. The van der Waals surface area contributed by atoms with Gasteiger partial charge in [0.2, 0.25) is 5.91 Å². The van der Waals surface area contributed by atoms with Gasteiger partial charge in [-0.05, 0) is 31.7 Å². The summed E-state index contributed by atoms with van der Waals surface area (Å²) in [7, 11) is 0. The summed E-state index contributed by atoms with van der Waals surface area (Å²) < 4.78 is 11.0. The fourth-order valence-electron chi connectivity index (χ4n) is 3.02. The van der Waals surface area contributed by atoms with Crippen molar-refractivity contribution in [1.29, 1.82) is 0 Å². The first-order valence-electron chi connectivity index (χ1n) is 8.79. The predicted molar refractivity (Wildman–Crippen MR) is 93.4 cm³/mol. The van der Waals surface area contributed by atoms with Gasteiger partial charge in [-0.3, -0.25) is 9.59 Å². The van der Waals surface area contributed by atoms with Gasteiger partial charge in [-0.2, -0.15) is 0 Å². The Morgan fingerprint density at radius 1 is 1.40 bits per heavy atom. The molecule has 138 valence electrons. The fourth-order valence-corrected chi connectivity index (χ4v) is 3.02. The van der Waals surface area contributed by atoms with Crippen LogP contribution in [-0.2, 0) is 24.5 Å². The van der Waals surface area contributed by atoms with Gasteiger partial charge in [-0.15, -0.1) is 0 Å². The summed E-state index contributed by atoms with van der Waals surface area (Å²) in [5.74, 6) is -1.26. The number of aliphatic carboxylic acids is 1. The minimum absolute atomic E-state index is 0.0231. The number of hydrogen-bond acceptors (Lipinski definition) is 4. The molecular weight excluding hydrogens is 322 g/mol. The number of ether oxygens (including phenoxy) is 2. The van der Waals surface area contributed by atoms with Crippen LogP contribution in [0.1, 0.15) is 38.7 Å². The number of hydrogen-bond donors (Lipinski definition) is 2. The molecule has 0 spiro atoms. The summed E-state index contributed by atoms with van der Waals surface area (Å²) in [5.41, 5.74) is -0.469. The minimum Gasteiger partial charge on any atom is -0.481 e. The molecule has 1 amide bonds. The Balaban J connectivity index is 1.95. The van der Waals surface area contributed by atoms with Crippen LogP contribution in [0.25, 0.3) is 0 Å². The van der Waals surface area contributed by atoms with Crippen LogP contribution in [0.15, 0.2) is 30.3 Å². The Morgan fingerprint density at radius 2 is 2.12 bits per heavy atom. The van der Waals surface area contributed by atoms with Crippen molar-refractivity contribution in [3.8, 4) is 0 Å². The third kappa shape index (κ3) is 4.80. The van der Waals surface area contributed by atoms with Gasteiger partial charge in [0.1, 0.15) is 11.5 Å². The lowest BCUT2D eigenvalue weighted by atomic mass is 9.78. The van der Waals surface area contributed by atoms with E-state index in [9.17, 15) is 14.7 Å². The Bertz CT molecular complexity index is 570. The van der Waals surface area contributed by atoms with Crippen molar-refractivity contribution in [3.05, 3.63) is 35.9 Å². The monoisotopic (exact) mass is 349 g/mol. The first kappa shape index (κ1) is 19.4. The third-order valence-corrected chi connectivity index (χ3v) is 4.83. The Morgan fingerprint density at radius 3 is 2.68 bits per heavy atom. The molecular formula is C19H27NO5. The van der Waals surface area contributed by atoms with E-state index in [1.807, 2.05) is 13.0 Å². The van der Waals surface area contributed by atoms with Gasteiger partial charge < -0.3 is 19.9 Å². The van der Waals surface area contributed by atoms with Crippen LogP contribution < -0.4 is 5.32 Å². The molecule has 1 heterocycles. The van der Waals surface area contributed by atoms with Crippen LogP contribution in [0.4, 0.5) is 0 Å². The zero-order chi connectivity index (χ0) is 18.3. The van der Waals surface area contributed by atoms with E-state index in [1.54, 1.807) is 31.2 Å². The summed E-state index contributed by atoms with van der Waals surface area (Å²) in [6.07, 6.45) is 1.73. The average molecular weight is 349 g/mol. The fraction of sp³-hybridized carbons (Fsp3) is 0.579. The second-order valence-corrected chi connectivity index (χ2v) is 6.44. The van der Waals surface area contributed by atoms with Gasteiger partial charge in [0.15, 0.2) is 0 Å². The molecule has 2 rings (SSSR count). The van der Waals surface area contributed by atoms with E-state index in [0.29, 0.717) is 18.6 Å². The van der Waals surface area contributed by atoms with Crippen molar-refractivity contribution < 1.29 is 24.2 Å². The van der Waals surface area contributed by atoms with Crippen LogP contribution in [0.2, 0.25) is 0 Å². The van der Waals surface area contributed by atoms with Crippen molar-refractivity contribution in [2.24, 2.45) is 0 Å². The summed E-state index contributed by atoms with van der Waals surface area (Å²) in [6.45, 7) is 4.62. The van der Waals surface area contributed by atoms with Gasteiger partial charge in [0, 0.05) is 13.2 Å². The Hall–Kier alpha value is -1.92. The van der Waals surface area contributed by atoms with Gasteiger partial charge in [-0.25, -0.2) is 0 Å². The second-order valence-electron chi connectivity index (χ2n) is 6.44. The zero-order valence-electron chi connectivity index (χ0n) is 14.9. The molecule has 1 aromatic carbocycles. The van der Waals surface area contributed by atoms with Crippen LogP contribution in [0, 0.1) is 0 Å². The second kappa shape index (κ2) is 8.97. The molecule has 0 saturated carbocycles. The molecule has 3 atom stereocenters. The number of amides is 1. The number of carboxylic acid groups (broad SMARTS) is 1. The number of benzene rings is 1. The number of carboxylic acids is 1. The Labute approximate surface area is 148 Å². The molecule has 6 nitrogen and oxygen atoms in total.